The van der Waals surface area contributed by atoms with Gasteiger partial charge in [-0.15, -0.1) is 0 Å². The molecule has 0 radical (unpaired) electrons. The standard InChI is InChI=1S/C14H30N2S/c1-4-9-16(11-10-15(2)3)12-14(13-17)7-5-6-8-14/h17H,4-13H2,1-3H3. The van der Waals surface area contributed by atoms with Crippen molar-refractivity contribution in [3.05, 3.63) is 0 Å². The summed E-state index contributed by atoms with van der Waals surface area (Å²) < 4.78 is 0. The third kappa shape index (κ3) is 5.19. The smallest absolute Gasteiger partial charge is 0.0109 e. The first-order valence-electron chi connectivity index (χ1n) is 7.10. The highest BCUT2D eigenvalue weighted by molar-refractivity contribution is 7.80. The predicted molar refractivity (Wildman–Crippen MR) is 80.0 cm³/mol. The monoisotopic (exact) mass is 258 g/mol. The fraction of sp³-hybridized carbons (Fsp3) is 1.00. The van der Waals surface area contributed by atoms with Crippen LogP contribution in [0.1, 0.15) is 39.0 Å². The average molecular weight is 258 g/mol. The number of hydrogen-bond donors (Lipinski definition) is 1. The minimum atomic E-state index is 0.518. The van der Waals surface area contributed by atoms with Crippen LogP contribution in [0.3, 0.4) is 0 Å². The van der Waals surface area contributed by atoms with Gasteiger partial charge in [0.15, 0.2) is 0 Å². The molecule has 0 aromatic heterocycles. The molecule has 0 aromatic rings. The highest BCUT2D eigenvalue weighted by atomic mass is 32.1. The molecule has 0 aliphatic heterocycles. The van der Waals surface area contributed by atoms with Crippen LogP contribution in [0.2, 0.25) is 0 Å². The third-order valence-electron chi connectivity index (χ3n) is 3.96. The summed E-state index contributed by atoms with van der Waals surface area (Å²) in [5, 5.41) is 0. The molecule has 0 unspecified atom stereocenters. The van der Waals surface area contributed by atoms with E-state index >= 15 is 0 Å². The number of rotatable bonds is 8. The fourth-order valence-corrected chi connectivity index (χ4v) is 3.31. The van der Waals surface area contributed by atoms with Gasteiger partial charge in [-0.25, -0.2) is 0 Å². The highest BCUT2D eigenvalue weighted by Gasteiger charge is 2.33. The van der Waals surface area contributed by atoms with Crippen LogP contribution in [0.15, 0.2) is 0 Å². The van der Waals surface area contributed by atoms with Gasteiger partial charge in [0.2, 0.25) is 0 Å². The van der Waals surface area contributed by atoms with Crippen molar-refractivity contribution in [3.63, 3.8) is 0 Å². The van der Waals surface area contributed by atoms with Crippen molar-refractivity contribution < 1.29 is 0 Å². The van der Waals surface area contributed by atoms with Crippen LogP contribution < -0.4 is 0 Å². The molecule has 0 heterocycles. The zero-order valence-corrected chi connectivity index (χ0v) is 12.8. The molecule has 3 heteroatoms. The quantitative estimate of drug-likeness (QED) is 0.669. The maximum Gasteiger partial charge on any atom is 0.0109 e. The molecule has 17 heavy (non-hydrogen) atoms. The molecule has 1 rings (SSSR count). The summed E-state index contributed by atoms with van der Waals surface area (Å²) in [5.41, 5.74) is 0.518. The number of thiol groups is 1. The molecule has 1 aliphatic carbocycles. The van der Waals surface area contributed by atoms with Crippen LogP contribution in [0.25, 0.3) is 0 Å². The summed E-state index contributed by atoms with van der Waals surface area (Å²) in [4.78, 5) is 4.94. The van der Waals surface area contributed by atoms with E-state index in [-0.39, 0.29) is 0 Å². The summed E-state index contributed by atoms with van der Waals surface area (Å²) in [6.07, 6.45) is 6.86. The Bertz CT molecular complexity index is 200. The zero-order chi connectivity index (χ0) is 12.7. The Kier molecular flexibility index (Phi) is 6.90. The van der Waals surface area contributed by atoms with Gasteiger partial charge in [-0.2, -0.15) is 12.6 Å². The van der Waals surface area contributed by atoms with E-state index in [1.54, 1.807) is 0 Å². The second kappa shape index (κ2) is 7.65. The van der Waals surface area contributed by atoms with Crippen LogP contribution in [0.5, 0.6) is 0 Å². The molecule has 0 atom stereocenters. The minimum absolute atomic E-state index is 0.518. The minimum Gasteiger partial charge on any atom is -0.308 e. The lowest BCUT2D eigenvalue weighted by molar-refractivity contribution is 0.159. The molecular formula is C14H30N2S. The summed E-state index contributed by atoms with van der Waals surface area (Å²) in [7, 11) is 4.32. The third-order valence-corrected chi connectivity index (χ3v) is 4.63. The Morgan fingerprint density at radius 2 is 1.71 bits per heavy atom. The second-order valence-corrected chi connectivity index (χ2v) is 6.26. The lowest BCUT2D eigenvalue weighted by Crippen LogP contribution is -2.41. The SMILES string of the molecule is CCCN(CCN(C)C)CC1(CS)CCCC1. The molecule has 0 amide bonds. The maximum absolute atomic E-state index is 4.62. The fourth-order valence-electron chi connectivity index (χ4n) is 2.89. The molecule has 1 saturated carbocycles. The molecule has 0 saturated heterocycles. The van der Waals surface area contributed by atoms with Gasteiger partial charge in [-0.1, -0.05) is 19.8 Å². The molecule has 2 nitrogen and oxygen atoms in total. The largest absolute Gasteiger partial charge is 0.308 e. The van der Waals surface area contributed by atoms with Crippen LogP contribution >= 0.6 is 12.6 Å². The van der Waals surface area contributed by atoms with Crippen molar-refractivity contribution in [1.29, 1.82) is 0 Å². The number of nitrogens with zero attached hydrogens (tertiary/aromatic N) is 2. The van der Waals surface area contributed by atoms with E-state index in [1.807, 2.05) is 0 Å². The summed E-state index contributed by atoms with van der Waals surface area (Å²) >= 11 is 4.62. The van der Waals surface area contributed by atoms with Gasteiger partial charge in [-0.3, -0.25) is 0 Å². The molecule has 0 bridgehead atoms. The number of likely N-dealkylation sites (N-methyl/N-ethyl adjacent to an activating group) is 1. The summed E-state index contributed by atoms with van der Waals surface area (Å²) in [6.45, 7) is 7.16. The Morgan fingerprint density at radius 1 is 1.06 bits per heavy atom. The van der Waals surface area contributed by atoms with Crippen LogP contribution in [-0.2, 0) is 0 Å². The van der Waals surface area contributed by atoms with Crippen molar-refractivity contribution in [3.8, 4) is 0 Å². The van der Waals surface area contributed by atoms with E-state index in [0.29, 0.717) is 5.41 Å². The van der Waals surface area contributed by atoms with Crippen molar-refractivity contribution in [2.24, 2.45) is 5.41 Å². The Hall–Kier alpha value is 0.270. The summed E-state index contributed by atoms with van der Waals surface area (Å²) in [5.74, 6) is 1.06. The van der Waals surface area contributed by atoms with E-state index in [9.17, 15) is 0 Å². The lowest BCUT2D eigenvalue weighted by atomic mass is 9.88. The van der Waals surface area contributed by atoms with Gasteiger partial charge >= 0.3 is 0 Å². The van der Waals surface area contributed by atoms with Crippen LogP contribution in [-0.4, -0.2) is 55.8 Å². The summed E-state index contributed by atoms with van der Waals surface area (Å²) in [6, 6.07) is 0. The number of hydrogen-bond acceptors (Lipinski definition) is 3. The first kappa shape index (κ1) is 15.3. The molecule has 102 valence electrons. The predicted octanol–water partition coefficient (Wildman–Crippen LogP) is 2.75. The van der Waals surface area contributed by atoms with Gasteiger partial charge < -0.3 is 9.80 Å². The van der Waals surface area contributed by atoms with E-state index in [1.165, 1.54) is 58.3 Å². The molecular weight excluding hydrogens is 228 g/mol. The first-order chi connectivity index (χ1) is 8.12. The van der Waals surface area contributed by atoms with Crippen molar-refractivity contribution in [2.45, 2.75) is 39.0 Å². The zero-order valence-electron chi connectivity index (χ0n) is 11.9. The molecule has 0 spiro atoms. The Labute approximate surface area is 113 Å². The van der Waals surface area contributed by atoms with Crippen LogP contribution in [0.4, 0.5) is 0 Å². The molecule has 0 N–H and O–H groups in total. The van der Waals surface area contributed by atoms with Gasteiger partial charge in [0.25, 0.3) is 0 Å². The molecule has 0 aromatic carbocycles. The topological polar surface area (TPSA) is 6.48 Å². The Balaban J connectivity index is 2.46. The average Bonchev–Trinajstić information content (AvgIpc) is 2.75. The van der Waals surface area contributed by atoms with Crippen LogP contribution in [0, 0.1) is 5.41 Å². The molecule has 1 aliphatic rings. The van der Waals surface area contributed by atoms with Crippen molar-refractivity contribution in [1.82, 2.24) is 9.80 Å². The van der Waals surface area contributed by atoms with E-state index in [2.05, 4.69) is 43.4 Å². The van der Waals surface area contributed by atoms with E-state index in [0.717, 1.165) is 5.75 Å². The molecule has 1 fully saturated rings. The lowest BCUT2D eigenvalue weighted by Gasteiger charge is -2.34. The van der Waals surface area contributed by atoms with Crippen molar-refractivity contribution >= 4 is 12.6 Å². The normalized spacial score (nSPS) is 19.4. The second-order valence-electron chi connectivity index (χ2n) is 5.94. The van der Waals surface area contributed by atoms with Gasteiger partial charge in [0.05, 0.1) is 0 Å². The van der Waals surface area contributed by atoms with Gasteiger partial charge in [-0.05, 0) is 51.1 Å². The maximum atomic E-state index is 4.62. The first-order valence-corrected chi connectivity index (χ1v) is 7.73. The van der Waals surface area contributed by atoms with Crippen molar-refractivity contribution in [2.75, 3.05) is 46.0 Å². The van der Waals surface area contributed by atoms with E-state index < -0.39 is 0 Å². The van der Waals surface area contributed by atoms with Gasteiger partial charge in [0, 0.05) is 19.6 Å². The Morgan fingerprint density at radius 3 is 2.18 bits per heavy atom. The van der Waals surface area contributed by atoms with Gasteiger partial charge in [0.1, 0.15) is 0 Å². The van der Waals surface area contributed by atoms with E-state index in [4.69, 9.17) is 0 Å². The highest BCUT2D eigenvalue weighted by Crippen LogP contribution is 2.39.